The summed E-state index contributed by atoms with van der Waals surface area (Å²) in [4.78, 5) is 9.83. The Hall–Kier alpha value is -4.01. The van der Waals surface area contributed by atoms with Crippen molar-refractivity contribution in [2.75, 3.05) is 0 Å². The van der Waals surface area contributed by atoms with Crippen LogP contribution in [0.15, 0.2) is 97.2 Å². The molecule has 4 aromatic carbocycles. The first-order valence-electron chi connectivity index (χ1n) is 13.6. The number of para-hydroxylation sites is 2. The van der Waals surface area contributed by atoms with Crippen molar-refractivity contribution in [3.05, 3.63) is 120 Å². The van der Waals surface area contributed by atoms with Gasteiger partial charge in [0, 0.05) is 38.6 Å². The first-order valence-corrected chi connectivity index (χ1v) is 13.6. The van der Waals surface area contributed by atoms with Crippen LogP contribution in [0.25, 0.3) is 50.5 Å². The van der Waals surface area contributed by atoms with Crippen LogP contribution in [0.4, 0.5) is 0 Å². The summed E-state index contributed by atoms with van der Waals surface area (Å²) in [6, 6.07) is 34.2. The van der Waals surface area contributed by atoms with E-state index in [1.807, 2.05) is 42.6 Å². The molecule has 0 saturated heterocycles. The molecule has 0 saturated carbocycles. The molecule has 6 aromatic rings. The Morgan fingerprint density at radius 3 is 2.12 bits per heavy atom. The van der Waals surface area contributed by atoms with Crippen LogP contribution in [0.2, 0.25) is 0 Å². The molecular formula is C36H32N3OPt-. The van der Waals surface area contributed by atoms with Gasteiger partial charge in [0.05, 0.1) is 16.6 Å². The number of aryl methyl sites for hydroxylation is 2. The Bertz CT molecular complexity index is 1850. The standard InChI is InChI=1S/C36H32N3O.Pt/c1-23-17-24(2)19-28(18-23)39-32-14-10-12-29(34(32)38-35(39)30-11-6-7-15-33(30)40)25-20-26(31-13-8-9-16-37-31)22-27(21-25)36(3,4)5;/h6-19,21-22,40H,1-5H3;/q-1;. The molecule has 0 spiro atoms. The Labute approximate surface area is 256 Å². The molecule has 6 rings (SSSR count). The van der Waals surface area contributed by atoms with E-state index in [0.29, 0.717) is 11.4 Å². The van der Waals surface area contributed by atoms with E-state index < -0.39 is 0 Å². The van der Waals surface area contributed by atoms with E-state index in [9.17, 15) is 5.11 Å². The first kappa shape index (κ1) is 28.5. The van der Waals surface area contributed by atoms with Crippen molar-refractivity contribution in [1.82, 2.24) is 14.5 Å². The van der Waals surface area contributed by atoms with Crippen LogP contribution in [0.5, 0.6) is 5.75 Å². The van der Waals surface area contributed by atoms with Crippen molar-refractivity contribution in [1.29, 1.82) is 0 Å². The number of hydrogen-bond acceptors (Lipinski definition) is 3. The zero-order valence-corrected chi connectivity index (χ0v) is 26.1. The van der Waals surface area contributed by atoms with Crippen LogP contribution >= 0.6 is 0 Å². The topological polar surface area (TPSA) is 50.9 Å². The van der Waals surface area contributed by atoms with E-state index in [0.717, 1.165) is 39.1 Å². The second kappa shape index (κ2) is 11.1. The molecule has 0 bridgehead atoms. The first-order chi connectivity index (χ1) is 19.2. The quantitative estimate of drug-likeness (QED) is 0.186. The molecule has 0 fully saturated rings. The predicted molar refractivity (Wildman–Crippen MR) is 164 cm³/mol. The molecular weight excluding hydrogens is 685 g/mol. The maximum Gasteiger partial charge on any atom is 0.148 e. The molecule has 0 amide bonds. The number of rotatable bonds is 4. The van der Waals surface area contributed by atoms with Gasteiger partial charge in [-0.3, -0.25) is 9.55 Å². The third kappa shape index (κ3) is 5.49. The number of imidazole rings is 1. The van der Waals surface area contributed by atoms with E-state index in [1.165, 1.54) is 16.7 Å². The third-order valence-electron chi connectivity index (χ3n) is 7.26. The van der Waals surface area contributed by atoms with Crippen molar-refractivity contribution in [2.45, 2.75) is 40.0 Å². The maximum absolute atomic E-state index is 10.9. The van der Waals surface area contributed by atoms with Crippen molar-refractivity contribution in [2.24, 2.45) is 0 Å². The number of hydrogen-bond donors (Lipinski definition) is 1. The summed E-state index contributed by atoms with van der Waals surface area (Å²) in [5.74, 6) is 0.895. The van der Waals surface area contributed by atoms with Crippen LogP contribution < -0.4 is 0 Å². The molecule has 0 aliphatic heterocycles. The average molecular weight is 718 g/mol. The van der Waals surface area contributed by atoms with Gasteiger partial charge in [-0.05, 0) is 66.8 Å². The van der Waals surface area contributed by atoms with Gasteiger partial charge in [0.25, 0.3) is 0 Å². The second-order valence-electron chi connectivity index (χ2n) is 11.5. The molecule has 0 aliphatic carbocycles. The summed E-state index contributed by atoms with van der Waals surface area (Å²) in [5.41, 5.74) is 10.8. The summed E-state index contributed by atoms with van der Waals surface area (Å²) >= 11 is 0. The van der Waals surface area contributed by atoms with Gasteiger partial charge in [-0.15, -0.1) is 29.3 Å². The number of pyridine rings is 1. The normalized spacial score (nSPS) is 11.4. The Kier molecular flexibility index (Phi) is 7.72. The molecule has 41 heavy (non-hydrogen) atoms. The Balaban J connectivity index is 0.00000337. The third-order valence-corrected chi connectivity index (χ3v) is 7.26. The number of benzene rings is 4. The van der Waals surface area contributed by atoms with Crippen LogP contribution in [-0.2, 0) is 26.5 Å². The molecule has 2 aromatic heterocycles. The minimum atomic E-state index is -0.0687. The fourth-order valence-corrected chi connectivity index (χ4v) is 5.31. The largest absolute Gasteiger partial charge is 0.507 e. The van der Waals surface area contributed by atoms with Gasteiger partial charge in [-0.2, -0.15) is 0 Å². The van der Waals surface area contributed by atoms with E-state index in [1.54, 1.807) is 6.07 Å². The molecule has 0 aliphatic rings. The summed E-state index contributed by atoms with van der Waals surface area (Å²) in [5, 5.41) is 10.9. The van der Waals surface area contributed by atoms with Crippen molar-refractivity contribution < 1.29 is 26.2 Å². The zero-order chi connectivity index (χ0) is 28.0. The van der Waals surface area contributed by atoms with Gasteiger partial charge in [0.1, 0.15) is 11.6 Å². The molecule has 0 atom stereocenters. The average Bonchev–Trinajstić information content (AvgIpc) is 3.32. The van der Waals surface area contributed by atoms with Crippen molar-refractivity contribution in [3.63, 3.8) is 0 Å². The molecule has 5 heteroatoms. The molecule has 4 nitrogen and oxygen atoms in total. The van der Waals surface area contributed by atoms with Crippen LogP contribution in [-0.4, -0.2) is 19.6 Å². The molecule has 1 N–H and O–H groups in total. The zero-order valence-electron chi connectivity index (χ0n) is 23.8. The Morgan fingerprint density at radius 2 is 1.44 bits per heavy atom. The van der Waals surface area contributed by atoms with E-state index in [2.05, 4.69) is 98.8 Å². The molecule has 2 heterocycles. The number of nitrogens with zero attached hydrogens (tertiary/aromatic N) is 3. The predicted octanol–water partition coefficient (Wildman–Crippen LogP) is 8.84. The van der Waals surface area contributed by atoms with Gasteiger partial charge in [-0.25, -0.2) is 4.98 Å². The second-order valence-corrected chi connectivity index (χ2v) is 11.5. The van der Waals surface area contributed by atoms with Gasteiger partial charge in [0.15, 0.2) is 0 Å². The Morgan fingerprint density at radius 1 is 0.756 bits per heavy atom. The van der Waals surface area contributed by atoms with Crippen molar-refractivity contribution >= 4 is 11.0 Å². The SMILES string of the molecule is Cc1cc(C)cc(-n2c(-c3ccccc3O)nc3c(-c4[c-]c(-c5ccccn5)cc(C(C)(C)C)c4)cccc32)c1.[Pt]. The van der Waals surface area contributed by atoms with Gasteiger partial charge < -0.3 is 5.11 Å². The van der Waals surface area contributed by atoms with E-state index in [-0.39, 0.29) is 32.2 Å². The summed E-state index contributed by atoms with van der Waals surface area (Å²) < 4.78 is 2.15. The van der Waals surface area contributed by atoms with Crippen LogP contribution in [0.3, 0.4) is 0 Å². The molecule has 208 valence electrons. The number of aromatic nitrogens is 3. The number of fused-ring (bicyclic) bond motifs is 1. The minimum absolute atomic E-state index is 0. The summed E-state index contributed by atoms with van der Waals surface area (Å²) in [6.45, 7) is 10.9. The number of aromatic hydroxyl groups is 1. The van der Waals surface area contributed by atoms with E-state index >= 15 is 0 Å². The summed E-state index contributed by atoms with van der Waals surface area (Å²) in [6.07, 6.45) is 1.82. The van der Waals surface area contributed by atoms with Crippen LogP contribution in [0, 0.1) is 19.9 Å². The van der Waals surface area contributed by atoms with Gasteiger partial charge >= 0.3 is 0 Å². The van der Waals surface area contributed by atoms with E-state index in [4.69, 9.17) is 4.98 Å². The number of phenolic OH excluding ortho intramolecular Hbond substituents is 1. The summed E-state index contributed by atoms with van der Waals surface area (Å²) in [7, 11) is 0. The van der Waals surface area contributed by atoms with Crippen LogP contribution in [0.1, 0.15) is 37.5 Å². The fraction of sp³-hybridized carbons (Fsp3) is 0.167. The monoisotopic (exact) mass is 717 g/mol. The van der Waals surface area contributed by atoms with Crippen molar-refractivity contribution in [3.8, 4) is 45.2 Å². The van der Waals surface area contributed by atoms with Gasteiger partial charge in [0.2, 0.25) is 0 Å². The minimum Gasteiger partial charge on any atom is -0.507 e. The molecule has 0 unspecified atom stereocenters. The molecule has 0 radical (unpaired) electrons. The van der Waals surface area contributed by atoms with Gasteiger partial charge in [-0.1, -0.05) is 74.4 Å². The fourth-order valence-electron chi connectivity index (χ4n) is 5.31. The number of phenols is 1. The maximum atomic E-state index is 10.9. The smallest absolute Gasteiger partial charge is 0.148 e.